The fraction of sp³-hybridized carbons (Fsp3) is 0.304. The Kier molecular flexibility index (Phi) is 6.59. The van der Waals surface area contributed by atoms with Crippen molar-refractivity contribution in [1.29, 1.82) is 0 Å². The first-order valence-corrected chi connectivity index (χ1v) is 11.4. The van der Waals surface area contributed by atoms with E-state index in [1.807, 2.05) is 33.0 Å². The molecule has 1 heterocycles. The summed E-state index contributed by atoms with van der Waals surface area (Å²) in [5, 5.41) is 4.15. The minimum atomic E-state index is -4.20. The second-order valence-electron chi connectivity index (χ2n) is 8.29. The molecule has 0 aliphatic rings. The number of benzene rings is 2. The maximum Gasteiger partial charge on any atom is 0.268 e. The van der Waals surface area contributed by atoms with Crippen LogP contribution < -0.4 is 14.2 Å². The molecule has 1 aromatic heterocycles. The minimum absolute atomic E-state index is 0.102. The molecule has 1 amide bonds. The van der Waals surface area contributed by atoms with Crippen LogP contribution in [0.1, 0.15) is 42.3 Å². The van der Waals surface area contributed by atoms with Crippen molar-refractivity contribution in [3.8, 4) is 11.5 Å². The summed E-state index contributed by atoms with van der Waals surface area (Å²) in [6.07, 6.45) is 3.49. The molecule has 0 fully saturated rings. The third-order valence-corrected chi connectivity index (χ3v) is 6.31. The zero-order chi connectivity index (χ0) is 23.5. The van der Waals surface area contributed by atoms with Crippen molar-refractivity contribution in [2.45, 2.75) is 37.6 Å². The van der Waals surface area contributed by atoms with E-state index in [-0.39, 0.29) is 27.4 Å². The first kappa shape index (κ1) is 23.3. The number of methoxy groups -OCH3 is 2. The molecule has 0 atom stereocenters. The molecule has 8 nitrogen and oxygen atoms in total. The Morgan fingerprint density at radius 3 is 2.38 bits per heavy atom. The predicted molar refractivity (Wildman–Crippen MR) is 121 cm³/mol. The van der Waals surface area contributed by atoms with E-state index in [1.54, 1.807) is 35.1 Å². The number of carbonyl (C=O) groups excluding carboxylic acids is 1. The van der Waals surface area contributed by atoms with Gasteiger partial charge in [0.2, 0.25) is 0 Å². The van der Waals surface area contributed by atoms with E-state index in [2.05, 4.69) is 9.82 Å². The van der Waals surface area contributed by atoms with E-state index in [9.17, 15) is 13.2 Å². The molecule has 0 spiro atoms. The van der Waals surface area contributed by atoms with Crippen LogP contribution in [0.3, 0.4) is 0 Å². The van der Waals surface area contributed by atoms with E-state index in [0.717, 1.165) is 11.1 Å². The Balaban J connectivity index is 1.91. The molecule has 3 rings (SSSR count). The summed E-state index contributed by atoms with van der Waals surface area (Å²) in [6, 6.07) is 11.7. The van der Waals surface area contributed by atoms with Gasteiger partial charge in [0.05, 0.1) is 26.3 Å². The first-order chi connectivity index (χ1) is 15.0. The lowest BCUT2D eigenvalue weighted by Crippen LogP contribution is -2.31. The van der Waals surface area contributed by atoms with E-state index in [4.69, 9.17) is 9.47 Å². The summed E-state index contributed by atoms with van der Waals surface area (Å²) in [4.78, 5) is 12.8. The number of hydrogen-bond donors (Lipinski definition) is 1. The number of nitrogens with one attached hydrogen (secondary N) is 1. The van der Waals surface area contributed by atoms with Crippen LogP contribution in [-0.4, -0.2) is 38.3 Å². The van der Waals surface area contributed by atoms with Gasteiger partial charge in [-0.15, -0.1) is 0 Å². The maximum atomic E-state index is 13.1. The molecule has 2 aromatic carbocycles. The van der Waals surface area contributed by atoms with Crippen LogP contribution in [0.15, 0.2) is 59.8 Å². The Hall–Kier alpha value is -3.33. The molecule has 9 heteroatoms. The predicted octanol–water partition coefficient (Wildman–Crippen LogP) is 3.36. The second kappa shape index (κ2) is 9.04. The van der Waals surface area contributed by atoms with Gasteiger partial charge in [-0.25, -0.2) is 13.1 Å². The van der Waals surface area contributed by atoms with Crippen molar-refractivity contribution < 1.29 is 22.7 Å². The number of aromatic nitrogens is 2. The molecular weight excluding hydrogens is 430 g/mol. The topological polar surface area (TPSA) is 99.5 Å². The average molecular weight is 458 g/mol. The van der Waals surface area contributed by atoms with E-state index in [0.29, 0.717) is 6.54 Å². The van der Waals surface area contributed by atoms with Gasteiger partial charge in [0.1, 0.15) is 16.4 Å². The summed E-state index contributed by atoms with van der Waals surface area (Å²) in [5.74, 6) is -0.381. The lowest BCUT2D eigenvalue weighted by molar-refractivity contribution is 0.0978. The summed E-state index contributed by atoms with van der Waals surface area (Å²) < 4.78 is 40.6. The lowest BCUT2D eigenvalue weighted by Gasteiger charge is -2.21. The van der Waals surface area contributed by atoms with Crippen LogP contribution in [0.2, 0.25) is 0 Å². The molecule has 0 unspecified atom stereocenters. The molecule has 0 bridgehead atoms. The highest BCUT2D eigenvalue weighted by molar-refractivity contribution is 7.90. The van der Waals surface area contributed by atoms with Gasteiger partial charge in [-0.3, -0.25) is 9.48 Å². The van der Waals surface area contributed by atoms with E-state index < -0.39 is 15.9 Å². The highest BCUT2D eigenvalue weighted by Gasteiger charge is 2.27. The Labute approximate surface area is 188 Å². The minimum Gasteiger partial charge on any atom is -0.496 e. The van der Waals surface area contributed by atoms with Crippen LogP contribution >= 0.6 is 0 Å². The zero-order valence-corrected chi connectivity index (χ0v) is 19.6. The summed E-state index contributed by atoms with van der Waals surface area (Å²) in [6.45, 7) is 6.40. The maximum absolute atomic E-state index is 13.1. The quantitative estimate of drug-likeness (QED) is 0.584. The van der Waals surface area contributed by atoms with E-state index >= 15 is 0 Å². The van der Waals surface area contributed by atoms with Crippen LogP contribution in [0.5, 0.6) is 11.5 Å². The molecule has 0 saturated carbocycles. The van der Waals surface area contributed by atoms with Gasteiger partial charge in [-0.2, -0.15) is 5.10 Å². The van der Waals surface area contributed by atoms with Gasteiger partial charge in [-0.1, -0.05) is 32.9 Å². The van der Waals surface area contributed by atoms with Crippen molar-refractivity contribution >= 4 is 15.9 Å². The van der Waals surface area contributed by atoms with Gasteiger partial charge in [0.15, 0.2) is 0 Å². The van der Waals surface area contributed by atoms with Crippen molar-refractivity contribution in [3.63, 3.8) is 0 Å². The summed E-state index contributed by atoms with van der Waals surface area (Å²) in [7, 11) is -1.40. The number of carbonyl (C=O) groups is 1. The van der Waals surface area contributed by atoms with Crippen molar-refractivity contribution in [3.05, 3.63) is 71.5 Å². The third kappa shape index (κ3) is 5.11. The fourth-order valence-electron chi connectivity index (χ4n) is 3.19. The number of nitrogens with zero attached hydrogens (tertiary/aromatic N) is 2. The molecule has 0 aliphatic heterocycles. The Morgan fingerprint density at radius 1 is 1.06 bits per heavy atom. The molecule has 0 aliphatic carbocycles. The van der Waals surface area contributed by atoms with Crippen molar-refractivity contribution in [2.24, 2.45) is 0 Å². The number of hydrogen-bond acceptors (Lipinski definition) is 6. The monoisotopic (exact) mass is 457 g/mol. The van der Waals surface area contributed by atoms with Crippen molar-refractivity contribution in [2.75, 3.05) is 14.2 Å². The Bertz CT molecular complexity index is 1210. The smallest absolute Gasteiger partial charge is 0.268 e. The van der Waals surface area contributed by atoms with E-state index in [1.165, 1.54) is 26.4 Å². The fourth-order valence-corrected chi connectivity index (χ4v) is 4.35. The molecule has 1 N–H and O–H groups in total. The SMILES string of the molecule is COc1cc(Cn2cccn2)ccc1C(=O)NS(=O)(=O)c1cc(C(C)(C)C)ccc1OC. The first-order valence-electron chi connectivity index (χ1n) is 9.95. The number of rotatable bonds is 7. The van der Waals surface area contributed by atoms with Crippen LogP contribution in [0, 0.1) is 0 Å². The molecule has 170 valence electrons. The van der Waals surface area contributed by atoms with Crippen LogP contribution in [0.4, 0.5) is 0 Å². The lowest BCUT2D eigenvalue weighted by atomic mass is 9.87. The normalized spacial score (nSPS) is 11.8. The summed E-state index contributed by atoms with van der Waals surface area (Å²) >= 11 is 0. The van der Waals surface area contributed by atoms with Gasteiger partial charge < -0.3 is 9.47 Å². The van der Waals surface area contributed by atoms with Gasteiger partial charge in [-0.05, 0) is 46.9 Å². The molecule has 0 saturated heterocycles. The van der Waals surface area contributed by atoms with Gasteiger partial charge in [0, 0.05) is 12.4 Å². The largest absolute Gasteiger partial charge is 0.496 e. The van der Waals surface area contributed by atoms with Gasteiger partial charge in [0.25, 0.3) is 15.9 Å². The number of sulfonamides is 1. The van der Waals surface area contributed by atoms with Crippen molar-refractivity contribution in [1.82, 2.24) is 14.5 Å². The second-order valence-corrected chi connectivity index (χ2v) is 9.94. The van der Waals surface area contributed by atoms with Crippen LogP contribution in [-0.2, 0) is 22.0 Å². The third-order valence-electron chi connectivity index (χ3n) is 4.96. The summed E-state index contributed by atoms with van der Waals surface area (Å²) in [5.41, 5.74) is 1.47. The average Bonchev–Trinajstić information content (AvgIpc) is 3.25. The molecule has 32 heavy (non-hydrogen) atoms. The number of amides is 1. The molecular formula is C23H27N3O5S. The highest BCUT2D eigenvalue weighted by atomic mass is 32.2. The number of ether oxygens (including phenoxy) is 2. The molecule has 3 aromatic rings. The Morgan fingerprint density at radius 2 is 1.78 bits per heavy atom. The highest BCUT2D eigenvalue weighted by Crippen LogP contribution is 2.31. The van der Waals surface area contributed by atoms with Gasteiger partial charge >= 0.3 is 0 Å². The van der Waals surface area contributed by atoms with Crippen LogP contribution in [0.25, 0.3) is 0 Å². The zero-order valence-electron chi connectivity index (χ0n) is 18.7. The molecule has 0 radical (unpaired) electrons. The standard InChI is InChI=1S/C23H27N3O5S/c1-23(2,3)17-8-10-19(30-4)21(14-17)32(28,29)25-22(27)18-9-7-16(13-20(18)31-5)15-26-12-6-11-24-26/h6-14H,15H2,1-5H3,(H,25,27).